The van der Waals surface area contributed by atoms with Crippen LogP contribution >= 0.6 is 0 Å². The maximum atomic E-state index is 5.13. The Hall–Kier alpha value is -1.72. The van der Waals surface area contributed by atoms with Crippen molar-refractivity contribution >= 4 is 0 Å². The van der Waals surface area contributed by atoms with Crippen molar-refractivity contribution in [1.82, 2.24) is 19.9 Å². The Morgan fingerprint density at radius 3 is 2.67 bits per heavy atom. The van der Waals surface area contributed by atoms with Crippen LogP contribution in [-0.2, 0) is 24.2 Å². The van der Waals surface area contributed by atoms with Gasteiger partial charge in [-0.05, 0) is 43.2 Å². The van der Waals surface area contributed by atoms with Gasteiger partial charge in [0, 0.05) is 26.2 Å². The van der Waals surface area contributed by atoms with Crippen molar-refractivity contribution in [1.29, 1.82) is 0 Å². The Morgan fingerprint density at radius 1 is 1.08 bits per heavy atom. The average molecular weight is 326 g/mol. The van der Waals surface area contributed by atoms with E-state index in [-0.39, 0.29) is 0 Å². The SMILES string of the molecule is COCc1cn(C2CCN(C3CCc4ccccc4C3)CC2)nn1. The topological polar surface area (TPSA) is 43.2 Å². The van der Waals surface area contributed by atoms with Gasteiger partial charge in [0.15, 0.2) is 0 Å². The number of hydrogen-bond acceptors (Lipinski definition) is 4. The van der Waals surface area contributed by atoms with Gasteiger partial charge >= 0.3 is 0 Å². The molecule has 1 atom stereocenters. The number of aromatic nitrogens is 3. The summed E-state index contributed by atoms with van der Waals surface area (Å²) in [6, 6.07) is 10.1. The molecule has 4 rings (SSSR count). The second-order valence-electron chi connectivity index (χ2n) is 7.06. The predicted molar refractivity (Wildman–Crippen MR) is 92.8 cm³/mol. The highest BCUT2D eigenvalue weighted by atomic mass is 16.5. The summed E-state index contributed by atoms with van der Waals surface area (Å²) in [6.45, 7) is 2.87. The van der Waals surface area contributed by atoms with Crippen molar-refractivity contribution in [2.75, 3.05) is 20.2 Å². The molecule has 1 aliphatic heterocycles. The van der Waals surface area contributed by atoms with Crippen LogP contribution in [0.25, 0.3) is 0 Å². The highest BCUT2D eigenvalue weighted by Crippen LogP contribution is 2.29. The van der Waals surface area contributed by atoms with Gasteiger partial charge in [0.1, 0.15) is 5.69 Å². The third-order valence-electron chi connectivity index (χ3n) is 5.56. The second-order valence-corrected chi connectivity index (χ2v) is 7.06. The summed E-state index contributed by atoms with van der Waals surface area (Å²) in [4.78, 5) is 2.69. The quantitative estimate of drug-likeness (QED) is 0.866. The van der Waals surface area contributed by atoms with Gasteiger partial charge in [0.2, 0.25) is 0 Å². The van der Waals surface area contributed by atoms with Crippen molar-refractivity contribution in [2.45, 2.75) is 50.8 Å². The number of benzene rings is 1. The van der Waals surface area contributed by atoms with Gasteiger partial charge in [-0.1, -0.05) is 29.5 Å². The maximum absolute atomic E-state index is 5.13. The van der Waals surface area contributed by atoms with E-state index < -0.39 is 0 Å². The zero-order valence-electron chi connectivity index (χ0n) is 14.4. The molecule has 0 radical (unpaired) electrons. The molecule has 0 spiro atoms. The number of fused-ring (bicyclic) bond motifs is 1. The minimum Gasteiger partial charge on any atom is -0.378 e. The van der Waals surface area contributed by atoms with E-state index in [0.29, 0.717) is 18.7 Å². The Balaban J connectivity index is 1.34. The van der Waals surface area contributed by atoms with Crippen molar-refractivity contribution in [3.05, 3.63) is 47.3 Å². The highest BCUT2D eigenvalue weighted by molar-refractivity contribution is 5.30. The summed E-state index contributed by atoms with van der Waals surface area (Å²) < 4.78 is 7.17. The Labute approximate surface area is 143 Å². The molecule has 0 amide bonds. The fraction of sp³-hybridized carbons (Fsp3) is 0.579. The highest BCUT2D eigenvalue weighted by Gasteiger charge is 2.28. The van der Waals surface area contributed by atoms with Crippen LogP contribution in [0.3, 0.4) is 0 Å². The average Bonchev–Trinajstić information content (AvgIpc) is 3.10. The first-order chi connectivity index (χ1) is 11.8. The number of methoxy groups -OCH3 is 1. The summed E-state index contributed by atoms with van der Waals surface area (Å²) in [6.07, 6.45) is 8.10. The first-order valence-corrected chi connectivity index (χ1v) is 9.04. The molecule has 1 saturated heterocycles. The van der Waals surface area contributed by atoms with E-state index in [0.717, 1.165) is 31.6 Å². The molecule has 2 heterocycles. The van der Waals surface area contributed by atoms with E-state index in [2.05, 4.69) is 39.5 Å². The largest absolute Gasteiger partial charge is 0.378 e. The second kappa shape index (κ2) is 7.03. The maximum Gasteiger partial charge on any atom is 0.108 e. The van der Waals surface area contributed by atoms with E-state index in [9.17, 15) is 0 Å². The zero-order chi connectivity index (χ0) is 16.4. The van der Waals surface area contributed by atoms with Crippen molar-refractivity contribution in [3.8, 4) is 0 Å². The van der Waals surface area contributed by atoms with Gasteiger partial charge in [-0.3, -0.25) is 4.90 Å². The van der Waals surface area contributed by atoms with Crippen LogP contribution in [0, 0.1) is 0 Å². The Morgan fingerprint density at radius 2 is 1.88 bits per heavy atom. The standard InChI is InChI=1S/C19H26N4O/c1-24-14-17-13-23(21-20-17)18-8-10-22(11-9-18)19-7-6-15-4-2-3-5-16(15)12-19/h2-5,13,18-19H,6-12,14H2,1H3. The Kier molecular flexibility index (Phi) is 4.63. The first-order valence-electron chi connectivity index (χ1n) is 9.04. The summed E-state index contributed by atoms with van der Waals surface area (Å²) in [5.74, 6) is 0. The van der Waals surface area contributed by atoms with Crippen LogP contribution in [0.5, 0.6) is 0 Å². The van der Waals surface area contributed by atoms with Crippen LogP contribution in [0.15, 0.2) is 30.5 Å². The van der Waals surface area contributed by atoms with E-state index in [4.69, 9.17) is 4.74 Å². The molecule has 128 valence electrons. The third kappa shape index (κ3) is 3.23. The van der Waals surface area contributed by atoms with Gasteiger partial charge in [0.05, 0.1) is 18.8 Å². The molecule has 1 aromatic carbocycles. The molecule has 24 heavy (non-hydrogen) atoms. The summed E-state index contributed by atoms with van der Waals surface area (Å²) in [5.41, 5.74) is 4.03. The van der Waals surface area contributed by atoms with Gasteiger partial charge < -0.3 is 4.74 Å². The smallest absolute Gasteiger partial charge is 0.108 e. The number of nitrogens with zero attached hydrogens (tertiary/aromatic N) is 4. The van der Waals surface area contributed by atoms with Crippen molar-refractivity contribution < 1.29 is 4.74 Å². The van der Waals surface area contributed by atoms with Gasteiger partial charge in [-0.15, -0.1) is 5.10 Å². The minimum atomic E-state index is 0.482. The molecular weight excluding hydrogens is 300 g/mol. The molecule has 1 aromatic heterocycles. The van der Waals surface area contributed by atoms with Crippen LogP contribution in [0.2, 0.25) is 0 Å². The lowest BCUT2D eigenvalue weighted by Crippen LogP contribution is -2.44. The number of hydrogen-bond donors (Lipinski definition) is 0. The van der Waals surface area contributed by atoms with E-state index in [1.165, 1.54) is 19.3 Å². The number of likely N-dealkylation sites (tertiary alicyclic amines) is 1. The number of rotatable bonds is 4. The molecule has 1 unspecified atom stereocenters. The van der Waals surface area contributed by atoms with E-state index in [1.807, 2.05) is 10.9 Å². The number of aryl methyl sites for hydroxylation is 1. The van der Waals surface area contributed by atoms with Crippen LogP contribution < -0.4 is 0 Å². The molecule has 0 saturated carbocycles. The van der Waals surface area contributed by atoms with Crippen molar-refractivity contribution in [2.24, 2.45) is 0 Å². The molecule has 2 aliphatic rings. The fourth-order valence-corrected chi connectivity index (χ4v) is 4.21. The lowest BCUT2D eigenvalue weighted by molar-refractivity contribution is 0.120. The van der Waals surface area contributed by atoms with Gasteiger partial charge in [-0.25, -0.2) is 4.68 Å². The summed E-state index contributed by atoms with van der Waals surface area (Å²) in [5, 5.41) is 8.48. The fourth-order valence-electron chi connectivity index (χ4n) is 4.21. The van der Waals surface area contributed by atoms with Gasteiger partial charge in [0.25, 0.3) is 0 Å². The van der Waals surface area contributed by atoms with Crippen LogP contribution in [-0.4, -0.2) is 46.1 Å². The minimum absolute atomic E-state index is 0.482. The molecule has 1 aliphatic carbocycles. The van der Waals surface area contributed by atoms with Gasteiger partial charge in [-0.2, -0.15) is 0 Å². The molecule has 5 heteroatoms. The number of piperidine rings is 1. The normalized spacial score (nSPS) is 22.5. The van der Waals surface area contributed by atoms with E-state index >= 15 is 0 Å². The molecular formula is C19H26N4O. The lowest BCUT2D eigenvalue weighted by atomic mass is 9.86. The van der Waals surface area contributed by atoms with Crippen molar-refractivity contribution in [3.63, 3.8) is 0 Å². The van der Waals surface area contributed by atoms with Crippen LogP contribution in [0.1, 0.15) is 42.1 Å². The first kappa shape index (κ1) is 15.8. The molecule has 0 N–H and O–H groups in total. The Bertz CT molecular complexity index is 676. The monoisotopic (exact) mass is 326 g/mol. The molecule has 0 bridgehead atoms. The predicted octanol–water partition coefficient (Wildman–Crippen LogP) is 2.62. The van der Waals surface area contributed by atoms with E-state index in [1.54, 1.807) is 18.2 Å². The third-order valence-corrected chi connectivity index (χ3v) is 5.56. The number of ether oxygens (including phenoxy) is 1. The summed E-state index contributed by atoms with van der Waals surface area (Å²) in [7, 11) is 1.69. The molecule has 2 aromatic rings. The zero-order valence-corrected chi connectivity index (χ0v) is 14.4. The molecule has 5 nitrogen and oxygen atoms in total. The lowest BCUT2D eigenvalue weighted by Gasteiger charge is -2.39. The molecule has 1 fully saturated rings. The van der Waals surface area contributed by atoms with Crippen LogP contribution in [0.4, 0.5) is 0 Å². The summed E-state index contributed by atoms with van der Waals surface area (Å²) >= 11 is 0.